The zero-order chi connectivity index (χ0) is 39.5. The third kappa shape index (κ3) is 6.05. The Labute approximate surface area is 314 Å². The van der Waals surface area contributed by atoms with Crippen molar-refractivity contribution in [1.29, 1.82) is 0 Å². The molecule has 8 unspecified atom stereocenters. The van der Waals surface area contributed by atoms with Crippen LogP contribution in [0.2, 0.25) is 0 Å². The van der Waals surface area contributed by atoms with Crippen molar-refractivity contribution in [3.63, 3.8) is 0 Å². The lowest BCUT2D eigenvalue weighted by Crippen LogP contribution is -2.81. The normalized spacial score (nSPS) is 35.0. The van der Waals surface area contributed by atoms with E-state index in [1.54, 1.807) is 83.1 Å². The van der Waals surface area contributed by atoms with E-state index in [0.717, 1.165) is 0 Å². The Hall–Kier alpha value is -4.43. The molecular weight excluding hydrogens is 698 g/mol. The van der Waals surface area contributed by atoms with Crippen LogP contribution in [0.4, 0.5) is 0 Å². The molecule has 6 rings (SSSR count). The molecule has 13 heteroatoms. The Morgan fingerprint density at radius 2 is 1.57 bits per heavy atom. The van der Waals surface area contributed by atoms with E-state index >= 15 is 4.79 Å². The van der Waals surface area contributed by atoms with Crippen LogP contribution in [0.3, 0.4) is 0 Å². The Bertz CT molecular complexity index is 1860. The number of rotatable bonds is 8. The number of ether oxygens (including phenoxy) is 4. The Morgan fingerprint density at radius 3 is 2.13 bits per heavy atom. The van der Waals surface area contributed by atoms with Gasteiger partial charge >= 0.3 is 17.9 Å². The molecule has 4 N–H and O–H groups in total. The fourth-order valence-corrected chi connectivity index (χ4v) is 9.84. The summed E-state index contributed by atoms with van der Waals surface area (Å²) in [7, 11) is 0. The second-order valence-electron chi connectivity index (χ2n) is 15.9. The number of aliphatic hydroxyl groups excluding tert-OH is 2. The van der Waals surface area contributed by atoms with E-state index in [9.17, 15) is 34.5 Å². The quantitative estimate of drug-likeness (QED) is 0.175. The number of hydrogen-bond donors (Lipinski definition) is 4. The Balaban J connectivity index is 1.52. The topological polar surface area (TPSA) is 195 Å². The third-order valence-corrected chi connectivity index (χ3v) is 12.6. The van der Waals surface area contributed by atoms with Gasteiger partial charge in [0.2, 0.25) is 5.91 Å². The largest absolute Gasteiger partial charge is 0.456 e. The predicted octanol–water partition coefficient (Wildman–Crippen LogP) is 3.15. The van der Waals surface area contributed by atoms with Crippen molar-refractivity contribution in [3.05, 3.63) is 82.9 Å². The lowest BCUT2D eigenvalue weighted by molar-refractivity contribution is -0.345. The first-order valence-corrected chi connectivity index (χ1v) is 18.2. The van der Waals surface area contributed by atoms with Crippen LogP contribution >= 0.6 is 0 Å². The van der Waals surface area contributed by atoms with Crippen LogP contribution in [-0.4, -0.2) is 93.2 Å². The zero-order valence-corrected chi connectivity index (χ0v) is 31.5. The van der Waals surface area contributed by atoms with Gasteiger partial charge < -0.3 is 39.6 Å². The number of benzene rings is 2. The number of fused-ring (bicyclic) bond motifs is 5. The van der Waals surface area contributed by atoms with Gasteiger partial charge in [0.25, 0.3) is 0 Å². The lowest BCUT2D eigenvalue weighted by atomic mass is 9.43. The summed E-state index contributed by atoms with van der Waals surface area (Å²) < 4.78 is 24.3. The first-order valence-electron chi connectivity index (χ1n) is 18.2. The van der Waals surface area contributed by atoms with Gasteiger partial charge in [-0.2, -0.15) is 0 Å². The fraction of sp³-hybridized carbons (Fsp3) is 0.537. The molecule has 2 aromatic rings. The molecule has 2 saturated carbocycles. The van der Waals surface area contributed by atoms with E-state index in [2.05, 4.69) is 5.32 Å². The number of hydrogen-bond acceptors (Lipinski definition) is 12. The highest BCUT2D eigenvalue weighted by atomic mass is 16.6. The number of aliphatic hydroxyl groups is 3. The molecule has 11 atom stereocenters. The van der Waals surface area contributed by atoms with Gasteiger partial charge in [0.05, 0.1) is 35.6 Å². The molecule has 54 heavy (non-hydrogen) atoms. The summed E-state index contributed by atoms with van der Waals surface area (Å²) in [6.07, 6.45) is -7.51. The second-order valence-corrected chi connectivity index (χ2v) is 15.9. The van der Waals surface area contributed by atoms with Gasteiger partial charge in [0, 0.05) is 38.0 Å². The molecule has 3 fully saturated rings. The molecule has 2 bridgehead atoms. The summed E-state index contributed by atoms with van der Waals surface area (Å²) in [5, 5.41) is 39.3. The van der Waals surface area contributed by atoms with Gasteiger partial charge in [-0.05, 0) is 42.7 Å². The minimum absolute atomic E-state index is 0.0626. The SMILES string of the molecule is CC(=O)NC(c1ccccc1)C(O)C(=O)OC1CC2(O)C(OC(=O)c3ccccc3)C3[C@]4(OC(C)=O)COC4CC(O)[C@@]3(C)C(=O)[C@H](C)C(=C1C)C2(C)C. The van der Waals surface area contributed by atoms with Crippen LogP contribution in [0.1, 0.15) is 83.3 Å². The maximum Gasteiger partial charge on any atom is 0.338 e. The van der Waals surface area contributed by atoms with Gasteiger partial charge in [0.15, 0.2) is 11.7 Å². The number of esters is 3. The highest BCUT2D eigenvalue weighted by molar-refractivity contribution is 5.92. The van der Waals surface area contributed by atoms with Crippen LogP contribution in [0, 0.1) is 22.7 Å². The maximum absolute atomic E-state index is 15.1. The molecule has 3 aliphatic carbocycles. The van der Waals surface area contributed by atoms with Crippen molar-refractivity contribution < 1.29 is 58.2 Å². The lowest BCUT2D eigenvalue weighted by Gasteiger charge is -2.67. The molecule has 1 saturated heterocycles. The Morgan fingerprint density at radius 1 is 0.963 bits per heavy atom. The highest BCUT2D eigenvalue weighted by Gasteiger charge is 2.77. The van der Waals surface area contributed by atoms with E-state index in [0.29, 0.717) is 16.7 Å². The van der Waals surface area contributed by atoms with Crippen LogP contribution in [0.5, 0.6) is 0 Å². The Kier molecular flexibility index (Phi) is 10.2. The number of amides is 1. The number of carbonyl (C=O) groups excluding carboxylic acids is 5. The second kappa shape index (κ2) is 14.0. The standard InChI is InChI=1S/C41H49NO12/c1-21-27(52-37(49)32(46)31(42-23(3)43)25-14-10-8-11-15-25)19-41(50)35(53-36(48)26-16-12-9-13-17-26)33-39(7,34(47)22(2)30(21)38(41,5)6)28(45)18-29-40(33,20-51-29)54-24(4)44/h8-17,22,27-29,31-33,35,45-46,50H,18-20H2,1-7H3,(H,42,43)/t22-,27?,28?,29?,31?,32?,33?,35?,39-,40+,41?/m1/s1. The summed E-state index contributed by atoms with van der Waals surface area (Å²) in [5.41, 5.74) is -5.45. The van der Waals surface area contributed by atoms with E-state index < -0.39 is 100 Å². The first-order chi connectivity index (χ1) is 25.3. The molecule has 0 spiro atoms. The zero-order valence-electron chi connectivity index (χ0n) is 31.5. The molecule has 0 radical (unpaired) electrons. The molecule has 1 amide bonds. The number of Topliss-reactive ketones (excluding diaryl/α,β-unsaturated/α-hetero) is 1. The molecule has 290 valence electrons. The average molecular weight is 748 g/mol. The first kappa shape index (κ1) is 39.3. The summed E-state index contributed by atoms with van der Waals surface area (Å²) in [5.74, 6) is -5.94. The van der Waals surface area contributed by atoms with Gasteiger partial charge in [-0.25, -0.2) is 9.59 Å². The molecule has 13 nitrogen and oxygen atoms in total. The monoisotopic (exact) mass is 747 g/mol. The summed E-state index contributed by atoms with van der Waals surface area (Å²) >= 11 is 0. The summed E-state index contributed by atoms with van der Waals surface area (Å²) in [4.78, 5) is 68.1. The molecule has 4 aliphatic rings. The van der Waals surface area contributed by atoms with Crippen molar-refractivity contribution in [2.24, 2.45) is 22.7 Å². The van der Waals surface area contributed by atoms with Crippen molar-refractivity contribution in [3.8, 4) is 0 Å². The maximum atomic E-state index is 15.1. The van der Waals surface area contributed by atoms with Crippen molar-refractivity contribution >= 4 is 29.6 Å². The minimum atomic E-state index is -2.16. The predicted molar refractivity (Wildman–Crippen MR) is 191 cm³/mol. The molecule has 1 aliphatic heterocycles. The van der Waals surface area contributed by atoms with Gasteiger partial charge in [0.1, 0.15) is 29.7 Å². The van der Waals surface area contributed by atoms with Crippen LogP contribution in [-0.2, 0) is 38.1 Å². The van der Waals surface area contributed by atoms with E-state index in [4.69, 9.17) is 18.9 Å². The van der Waals surface area contributed by atoms with Gasteiger partial charge in [-0.1, -0.05) is 69.3 Å². The van der Waals surface area contributed by atoms with Crippen LogP contribution in [0.15, 0.2) is 71.8 Å². The van der Waals surface area contributed by atoms with Crippen LogP contribution < -0.4 is 5.32 Å². The molecule has 0 aromatic heterocycles. The third-order valence-electron chi connectivity index (χ3n) is 12.6. The average Bonchev–Trinajstić information content (AvgIpc) is 3.12. The van der Waals surface area contributed by atoms with Crippen molar-refractivity contribution in [2.45, 2.75) is 109 Å². The summed E-state index contributed by atoms with van der Waals surface area (Å²) in [6, 6.07) is 15.3. The van der Waals surface area contributed by atoms with Crippen LogP contribution in [0.25, 0.3) is 0 Å². The molecular formula is C41H49NO12. The fourth-order valence-electron chi connectivity index (χ4n) is 9.84. The van der Waals surface area contributed by atoms with E-state index in [1.807, 2.05) is 0 Å². The number of carbonyl (C=O) groups is 5. The van der Waals surface area contributed by atoms with E-state index in [-0.39, 0.29) is 25.0 Å². The van der Waals surface area contributed by atoms with Crippen molar-refractivity contribution in [1.82, 2.24) is 5.32 Å². The number of nitrogens with one attached hydrogen (secondary N) is 1. The van der Waals surface area contributed by atoms with Gasteiger partial charge in [-0.3, -0.25) is 14.4 Å². The van der Waals surface area contributed by atoms with Crippen molar-refractivity contribution in [2.75, 3.05) is 6.61 Å². The van der Waals surface area contributed by atoms with Gasteiger partial charge in [-0.15, -0.1) is 0 Å². The number of ketones is 1. The minimum Gasteiger partial charge on any atom is -0.456 e. The highest BCUT2D eigenvalue weighted by Crippen LogP contribution is 2.65. The summed E-state index contributed by atoms with van der Waals surface area (Å²) in [6.45, 7) is 10.6. The molecule has 2 aromatic carbocycles. The smallest absolute Gasteiger partial charge is 0.338 e. The molecule has 1 heterocycles. The van der Waals surface area contributed by atoms with E-state index in [1.165, 1.54) is 26.0 Å².